The molecule has 1 heterocycles. The Bertz CT molecular complexity index is 935. The van der Waals surface area contributed by atoms with Crippen molar-refractivity contribution in [3.63, 3.8) is 0 Å². The Balaban J connectivity index is 1.51. The number of hydrogen-bond donors (Lipinski definition) is 2. The van der Waals surface area contributed by atoms with Gasteiger partial charge in [-0.05, 0) is 47.4 Å². The molecule has 1 atom stereocenters. The summed E-state index contributed by atoms with van der Waals surface area (Å²) in [6, 6.07) is 17.3. The molecule has 0 bridgehead atoms. The molecule has 0 aliphatic heterocycles. The number of ether oxygens (including phenoxy) is 1. The highest BCUT2D eigenvalue weighted by Gasteiger charge is 2.15. The summed E-state index contributed by atoms with van der Waals surface area (Å²) in [6.45, 7) is 1.62. The Morgan fingerprint density at radius 1 is 1.04 bits per heavy atom. The third kappa shape index (κ3) is 4.70. The van der Waals surface area contributed by atoms with Crippen LogP contribution in [0.2, 0.25) is 0 Å². The fourth-order valence-electron chi connectivity index (χ4n) is 2.31. The van der Waals surface area contributed by atoms with Gasteiger partial charge in [-0.2, -0.15) is 0 Å². The van der Waals surface area contributed by atoms with E-state index < -0.39 is 17.9 Å². The first-order chi connectivity index (χ1) is 12.6. The summed E-state index contributed by atoms with van der Waals surface area (Å²) in [5.41, 5.74) is 4.70. The summed E-state index contributed by atoms with van der Waals surface area (Å²) >= 11 is 1.52. The minimum atomic E-state index is -0.752. The van der Waals surface area contributed by atoms with Crippen LogP contribution in [0.1, 0.15) is 11.8 Å². The predicted molar refractivity (Wildman–Crippen MR) is 104 cm³/mol. The third-order valence-electron chi connectivity index (χ3n) is 3.65. The summed E-state index contributed by atoms with van der Waals surface area (Å²) < 4.78 is 5.66. The van der Waals surface area contributed by atoms with E-state index in [0.717, 1.165) is 15.6 Å². The van der Waals surface area contributed by atoms with Crippen molar-refractivity contribution in [3.8, 4) is 5.75 Å². The van der Waals surface area contributed by atoms with E-state index in [4.69, 9.17) is 4.74 Å². The van der Waals surface area contributed by atoms with Gasteiger partial charge in [-0.15, -0.1) is 11.3 Å². The second-order valence-corrected chi connectivity index (χ2v) is 6.58. The van der Waals surface area contributed by atoms with E-state index >= 15 is 0 Å². The molecule has 0 spiro atoms. The minimum absolute atomic E-state index is 0.412. The first kappa shape index (κ1) is 17.7. The summed E-state index contributed by atoms with van der Waals surface area (Å²) in [6.07, 6.45) is 2.29. The van der Waals surface area contributed by atoms with Crippen LogP contribution in [0.4, 0.5) is 0 Å². The molecule has 6 heteroatoms. The number of carbonyl (C=O) groups is 2. The van der Waals surface area contributed by atoms with Crippen molar-refractivity contribution in [3.05, 3.63) is 70.9 Å². The molecule has 1 unspecified atom stereocenters. The van der Waals surface area contributed by atoms with E-state index in [-0.39, 0.29) is 0 Å². The number of carbonyl (C=O) groups excluding carboxylic acids is 2. The van der Waals surface area contributed by atoms with E-state index in [9.17, 15) is 9.59 Å². The van der Waals surface area contributed by atoms with Gasteiger partial charge in [0.1, 0.15) is 5.75 Å². The zero-order valence-electron chi connectivity index (χ0n) is 14.1. The quantitative estimate of drug-likeness (QED) is 0.536. The molecule has 0 saturated heterocycles. The second-order valence-electron chi connectivity index (χ2n) is 5.60. The fraction of sp³-hybridized carbons (Fsp3) is 0.100. The summed E-state index contributed by atoms with van der Waals surface area (Å²) in [7, 11) is 0. The topological polar surface area (TPSA) is 67.4 Å². The summed E-state index contributed by atoms with van der Waals surface area (Å²) in [4.78, 5) is 24.8. The van der Waals surface area contributed by atoms with Gasteiger partial charge in [0.05, 0.1) is 0 Å². The lowest BCUT2D eigenvalue weighted by atomic mass is 10.1. The highest BCUT2D eigenvalue weighted by molar-refractivity contribution is 7.10. The standard InChI is InChI=1S/C20H18N2O3S/c1-14(25-17-9-8-15-5-2-3-6-16(15)13-17)20(24)22-21-19(23)11-10-18-7-4-12-26-18/h2-14H,1H3,(H,21,23)(H,22,24)/b11-10+. The SMILES string of the molecule is CC(Oc1ccc2ccccc2c1)C(=O)NNC(=O)/C=C/c1cccs1. The van der Waals surface area contributed by atoms with Gasteiger partial charge in [0.25, 0.3) is 11.8 Å². The van der Waals surface area contributed by atoms with Gasteiger partial charge in [-0.3, -0.25) is 20.4 Å². The van der Waals surface area contributed by atoms with Crippen molar-refractivity contribution in [1.29, 1.82) is 0 Å². The highest BCUT2D eigenvalue weighted by atomic mass is 32.1. The average Bonchev–Trinajstić information content (AvgIpc) is 3.18. The zero-order valence-corrected chi connectivity index (χ0v) is 15.0. The van der Waals surface area contributed by atoms with Crippen LogP contribution in [-0.4, -0.2) is 17.9 Å². The Labute approximate surface area is 155 Å². The molecule has 0 radical (unpaired) electrons. The van der Waals surface area contributed by atoms with Crippen LogP contribution in [0.5, 0.6) is 5.75 Å². The molecule has 0 saturated carbocycles. The Morgan fingerprint density at radius 2 is 1.85 bits per heavy atom. The monoisotopic (exact) mass is 366 g/mol. The summed E-state index contributed by atoms with van der Waals surface area (Å²) in [5.74, 6) is -0.254. The van der Waals surface area contributed by atoms with Crippen molar-refractivity contribution in [1.82, 2.24) is 10.9 Å². The lowest BCUT2D eigenvalue weighted by Gasteiger charge is -2.15. The first-order valence-corrected chi connectivity index (χ1v) is 8.96. The Kier molecular flexibility index (Phi) is 5.66. The van der Waals surface area contributed by atoms with Crippen molar-refractivity contribution >= 4 is 40.0 Å². The fourth-order valence-corrected chi connectivity index (χ4v) is 2.93. The van der Waals surface area contributed by atoms with E-state index in [1.165, 1.54) is 17.4 Å². The number of rotatable bonds is 5. The number of amides is 2. The van der Waals surface area contributed by atoms with Gasteiger partial charge in [0.2, 0.25) is 0 Å². The highest BCUT2D eigenvalue weighted by Crippen LogP contribution is 2.21. The molecule has 3 rings (SSSR count). The zero-order chi connectivity index (χ0) is 18.4. The van der Waals surface area contributed by atoms with Crippen molar-refractivity contribution in [2.75, 3.05) is 0 Å². The molecule has 26 heavy (non-hydrogen) atoms. The van der Waals surface area contributed by atoms with Crippen LogP contribution >= 0.6 is 11.3 Å². The van der Waals surface area contributed by atoms with E-state index in [2.05, 4.69) is 10.9 Å². The Hall–Kier alpha value is -3.12. The number of fused-ring (bicyclic) bond motifs is 1. The van der Waals surface area contributed by atoms with Gasteiger partial charge in [-0.1, -0.05) is 36.4 Å². The van der Waals surface area contributed by atoms with Gasteiger partial charge >= 0.3 is 0 Å². The van der Waals surface area contributed by atoms with Crippen LogP contribution in [0.15, 0.2) is 66.1 Å². The number of hydrazine groups is 1. The van der Waals surface area contributed by atoms with Crippen molar-refractivity contribution < 1.29 is 14.3 Å². The third-order valence-corrected chi connectivity index (χ3v) is 4.49. The smallest absolute Gasteiger partial charge is 0.279 e. The first-order valence-electron chi connectivity index (χ1n) is 8.09. The molecule has 2 N–H and O–H groups in total. The molecule has 3 aromatic rings. The maximum absolute atomic E-state index is 12.1. The van der Waals surface area contributed by atoms with E-state index in [1.807, 2.05) is 60.0 Å². The normalized spacial score (nSPS) is 12.0. The maximum Gasteiger partial charge on any atom is 0.279 e. The van der Waals surface area contributed by atoms with Gasteiger partial charge in [0.15, 0.2) is 6.10 Å². The van der Waals surface area contributed by atoms with E-state index in [0.29, 0.717) is 5.75 Å². The molecular formula is C20H18N2O3S. The van der Waals surface area contributed by atoms with Crippen LogP contribution in [0, 0.1) is 0 Å². The van der Waals surface area contributed by atoms with Crippen LogP contribution in [-0.2, 0) is 9.59 Å². The largest absolute Gasteiger partial charge is 0.481 e. The molecule has 2 aromatic carbocycles. The molecule has 0 aliphatic rings. The molecule has 1 aromatic heterocycles. The minimum Gasteiger partial charge on any atom is -0.481 e. The van der Waals surface area contributed by atoms with Crippen LogP contribution < -0.4 is 15.6 Å². The molecular weight excluding hydrogens is 348 g/mol. The van der Waals surface area contributed by atoms with Gasteiger partial charge in [-0.25, -0.2) is 0 Å². The average molecular weight is 366 g/mol. The molecule has 0 aliphatic carbocycles. The number of hydrogen-bond acceptors (Lipinski definition) is 4. The van der Waals surface area contributed by atoms with Crippen molar-refractivity contribution in [2.24, 2.45) is 0 Å². The predicted octanol–water partition coefficient (Wildman–Crippen LogP) is 3.53. The van der Waals surface area contributed by atoms with Crippen molar-refractivity contribution in [2.45, 2.75) is 13.0 Å². The number of benzene rings is 2. The van der Waals surface area contributed by atoms with Crippen LogP contribution in [0.3, 0.4) is 0 Å². The maximum atomic E-state index is 12.1. The van der Waals surface area contributed by atoms with E-state index in [1.54, 1.807) is 13.0 Å². The van der Waals surface area contributed by atoms with Gasteiger partial charge in [0, 0.05) is 11.0 Å². The van der Waals surface area contributed by atoms with Gasteiger partial charge < -0.3 is 4.74 Å². The second kappa shape index (κ2) is 8.31. The summed E-state index contributed by atoms with van der Waals surface area (Å²) in [5, 5.41) is 4.05. The molecule has 132 valence electrons. The lowest BCUT2D eigenvalue weighted by Crippen LogP contribution is -2.46. The molecule has 0 fully saturated rings. The molecule has 5 nitrogen and oxygen atoms in total. The Morgan fingerprint density at radius 3 is 2.62 bits per heavy atom. The van der Waals surface area contributed by atoms with Crippen LogP contribution in [0.25, 0.3) is 16.8 Å². The number of thiophene rings is 1. The number of nitrogens with one attached hydrogen (secondary N) is 2. The molecule has 2 amide bonds. The lowest BCUT2D eigenvalue weighted by molar-refractivity contribution is -0.131.